The van der Waals surface area contributed by atoms with E-state index in [1.54, 1.807) is 0 Å². The summed E-state index contributed by atoms with van der Waals surface area (Å²) in [5.74, 6) is 1.00. The van der Waals surface area contributed by atoms with Gasteiger partial charge in [-0.3, -0.25) is 0 Å². The minimum Gasteiger partial charge on any atom is -0.315 e. The lowest BCUT2D eigenvalue weighted by atomic mass is 10.4. The van der Waals surface area contributed by atoms with Gasteiger partial charge in [-0.15, -0.1) is 11.8 Å². The molecule has 0 aliphatic heterocycles. The summed E-state index contributed by atoms with van der Waals surface area (Å²) in [4.78, 5) is 1.29. The topological polar surface area (TPSA) is 29.1 Å². The number of benzene rings is 3. The molecule has 0 bridgehead atoms. The molecule has 26 heavy (non-hydrogen) atoms. The first-order valence-corrected chi connectivity index (χ1v) is 11.8. The molecule has 0 fully saturated rings. The maximum atomic E-state index is 13.8. The van der Waals surface area contributed by atoms with Crippen molar-refractivity contribution in [2.45, 2.75) is 4.90 Å². The number of hydrogen-bond acceptors (Lipinski definition) is 3. The molecule has 0 saturated heterocycles. The molecule has 4 heteroatoms. The minimum atomic E-state index is -2.60. The summed E-state index contributed by atoms with van der Waals surface area (Å²) in [5.41, 5.74) is 0. The molecule has 0 saturated carbocycles. The van der Waals surface area contributed by atoms with Crippen LogP contribution in [0.2, 0.25) is 0 Å². The second-order valence-electron chi connectivity index (χ2n) is 6.05. The number of rotatable bonds is 9. The molecule has 2 nitrogen and oxygen atoms in total. The maximum absolute atomic E-state index is 13.8. The van der Waals surface area contributed by atoms with Gasteiger partial charge in [0.15, 0.2) is 0 Å². The van der Waals surface area contributed by atoms with Gasteiger partial charge >= 0.3 is 0 Å². The second-order valence-corrected chi connectivity index (χ2v) is 10.2. The molecule has 0 spiro atoms. The fourth-order valence-corrected chi connectivity index (χ4v) is 6.29. The Morgan fingerprint density at radius 2 is 1.19 bits per heavy atom. The molecule has 0 heterocycles. The summed E-state index contributed by atoms with van der Waals surface area (Å²) in [6.07, 6.45) is 0.636. The Bertz CT molecular complexity index is 781. The van der Waals surface area contributed by atoms with Gasteiger partial charge in [0.2, 0.25) is 0 Å². The molecular formula is C22H24NOPS. The average Bonchev–Trinajstić information content (AvgIpc) is 2.72. The number of nitrogens with one attached hydrogen (secondary N) is 1. The quantitative estimate of drug-likeness (QED) is 0.339. The number of thioether (sulfide) groups is 1. The van der Waals surface area contributed by atoms with Crippen molar-refractivity contribution in [2.75, 3.05) is 25.0 Å². The van der Waals surface area contributed by atoms with Crippen LogP contribution in [0, 0.1) is 0 Å². The summed E-state index contributed by atoms with van der Waals surface area (Å²) in [6, 6.07) is 30.2. The zero-order chi connectivity index (χ0) is 18.1. The van der Waals surface area contributed by atoms with Gasteiger partial charge < -0.3 is 9.88 Å². The molecule has 0 unspecified atom stereocenters. The van der Waals surface area contributed by atoms with Crippen LogP contribution >= 0.6 is 18.9 Å². The van der Waals surface area contributed by atoms with E-state index in [9.17, 15) is 4.57 Å². The van der Waals surface area contributed by atoms with Crippen LogP contribution in [0.3, 0.4) is 0 Å². The van der Waals surface area contributed by atoms with Crippen molar-refractivity contribution in [1.82, 2.24) is 5.32 Å². The van der Waals surface area contributed by atoms with E-state index in [0.717, 1.165) is 29.5 Å². The lowest BCUT2D eigenvalue weighted by Gasteiger charge is -2.19. The first kappa shape index (κ1) is 19.0. The molecule has 134 valence electrons. The molecule has 3 aromatic carbocycles. The van der Waals surface area contributed by atoms with Gasteiger partial charge in [0.1, 0.15) is 7.14 Å². The van der Waals surface area contributed by atoms with Crippen molar-refractivity contribution in [3.63, 3.8) is 0 Å². The molecule has 0 aliphatic rings. The van der Waals surface area contributed by atoms with Crippen LogP contribution in [0.5, 0.6) is 0 Å². The summed E-state index contributed by atoms with van der Waals surface area (Å²) < 4.78 is 13.8. The van der Waals surface area contributed by atoms with Crippen LogP contribution in [0.15, 0.2) is 95.9 Å². The van der Waals surface area contributed by atoms with Crippen LogP contribution in [0.1, 0.15) is 0 Å². The van der Waals surface area contributed by atoms with E-state index in [1.165, 1.54) is 4.90 Å². The molecule has 0 radical (unpaired) electrons. The molecule has 3 aromatic rings. The smallest absolute Gasteiger partial charge is 0.144 e. The maximum Gasteiger partial charge on any atom is 0.144 e. The molecule has 1 N–H and O–H groups in total. The molecule has 0 aromatic heterocycles. The third-order valence-electron chi connectivity index (χ3n) is 4.24. The van der Waals surface area contributed by atoms with Crippen molar-refractivity contribution in [3.8, 4) is 0 Å². The van der Waals surface area contributed by atoms with Gasteiger partial charge in [-0.25, -0.2) is 0 Å². The van der Waals surface area contributed by atoms with Crippen LogP contribution in [0.4, 0.5) is 0 Å². The second kappa shape index (κ2) is 9.78. The molecule has 0 amide bonds. The van der Waals surface area contributed by atoms with Crippen molar-refractivity contribution in [3.05, 3.63) is 91.0 Å². The van der Waals surface area contributed by atoms with Gasteiger partial charge in [-0.05, 0) is 12.1 Å². The molecular weight excluding hydrogens is 357 g/mol. The Morgan fingerprint density at radius 3 is 1.73 bits per heavy atom. The largest absolute Gasteiger partial charge is 0.315 e. The Morgan fingerprint density at radius 1 is 0.692 bits per heavy atom. The van der Waals surface area contributed by atoms with Gasteiger partial charge in [-0.2, -0.15) is 0 Å². The van der Waals surface area contributed by atoms with E-state index in [1.807, 2.05) is 78.5 Å². The first-order chi connectivity index (χ1) is 12.8. The predicted octanol–water partition coefficient (Wildman–Crippen LogP) is 4.38. The Hall–Kier alpha value is -1.80. The molecule has 0 aliphatic carbocycles. The predicted molar refractivity (Wildman–Crippen MR) is 115 cm³/mol. The van der Waals surface area contributed by atoms with Gasteiger partial charge in [0, 0.05) is 40.5 Å². The van der Waals surface area contributed by atoms with Crippen molar-refractivity contribution in [2.24, 2.45) is 0 Å². The summed E-state index contributed by atoms with van der Waals surface area (Å²) in [5, 5.41) is 5.33. The fourth-order valence-electron chi connectivity index (χ4n) is 2.86. The lowest BCUT2D eigenvalue weighted by Crippen LogP contribution is -2.26. The van der Waals surface area contributed by atoms with E-state index in [-0.39, 0.29) is 0 Å². The first-order valence-electron chi connectivity index (χ1n) is 8.88. The Kier molecular flexibility index (Phi) is 7.13. The van der Waals surface area contributed by atoms with Crippen LogP contribution in [-0.2, 0) is 4.57 Å². The third-order valence-corrected chi connectivity index (χ3v) is 8.37. The Balaban J connectivity index is 1.56. The van der Waals surface area contributed by atoms with Crippen molar-refractivity contribution in [1.29, 1.82) is 0 Å². The van der Waals surface area contributed by atoms with Crippen molar-refractivity contribution < 1.29 is 4.57 Å². The van der Waals surface area contributed by atoms with Gasteiger partial charge in [0.25, 0.3) is 0 Å². The van der Waals surface area contributed by atoms with Crippen LogP contribution in [0.25, 0.3) is 0 Å². The van der Waals surface area contributed by atoms with Gasteiger partial charge in [-0.1, -0.05) is 78.9 Å². The highest BCUT2D eigenvalue weighted by Gasteiger charge is 2.26. The average molecular weight is 381 g/mol. The van der Waals surface area contributed by atoms with Crippen LogP contribution < -0.4 is 15.9 Å². The van der Waals surface area contributed by atoms with E-state index in [4.69, 9.17) is 0 Å². The Labute approximate surface area is 160 Å². The SMILES string of the molecule is O=P(CCNCCSc1ccccc1)(c1ccccc1)c1ccccc1. The molecule has 3 rings (SSSR count). The van der Waals surface area contributed by atoms with E-state index in [0.29, 0.717) is 6.16 Å². The monoisotopic (exact) mass is 381 g/mol. The highest BCUT2D eigenvalue weighted by Crippen LogP contribution is 2.42. The van der Waals surface area contributed by atoms with E-state index >= 15 is 0 Å². The summed E-state index contributed by atoms with van der Waals surface area (Å²) >= 11 is 1.84. The molecule has 0 atom stereocenters. The summed E-state index contributed by atoms with van der Waals surface area (Å²) in [7, 11) is -2.60. The van der Waals surface area contributed by atoms with Gasteiger partial charge in [0.05, 0.1) is 0 Å². The van der Waals surface area contributed by atoms with E-state index in [2.05, 4.69) is 29.6 Å². The van der Waals surface area contributed by atoms with E-state index < -0.39 is 7.14 Å². The highest BCUT2D eigenvalue weighted by molar-refractivity contribution is 7.99. The number of hydrogen-bond donors (Lipinski definition) is 1. The van der Waals surface area contributed by atoms with Crippen LogP contribution in [-0.4, -0.2) is 25.0 Å². The normalized spacial score (nSPS) is 11.4. The summed E-state index contributed by atoms with van der Waals surface area (Å²) in [6.45, 7) is 1.65. The fraction of sp³-hybridized carbons (Fsp3) is 0.182. The highest BCUT2D eigenvalue weighted by atomic mass is 32.2. The zero-order valence-electron chi connectivity index (χ0n) is 14.8. The minimum absolute atomic E-state index is 0.636. The standard InChI is InChI=1S/C22H24NOPS/c24-25(20-10-4-1-5-11-20,21-12-6-2-7-13-21)18-16-23-17-19-26-22-14-8-3-9-15-22/h1-15,23H,16-19H2. The van der Waals surface area contributed by atoms with Crippen molar-refractivity contribution >= 4 is 29.5 Å². The third kappa shape index (κ3) is 5.11. The lowest BCUT2D eigenvalue weighted by molar-refractivity contribution is 0.584. The zero-order valence-corrected chi connectivity index (χ0v) is 16.5.